The lowest BCUT2D eigenvalue weighted by Crippen LogP contribution is -2.59. The molecule has 3 aliphatic heterocycles. The summed E-state index contributed by atoms with van der Waals surface area (Å²) in [6, 6.07) is -0.522. The lowest BCUT2D eigenvalue weighted by atomic mass is 9.78. The van der Waals surface area contributed by atoms with Crippen LogP contribution in [0.25, 0.3) is 0 Å². The normalized spacial score (nSPS) is 23.4. The van der Waals surface area contributed by atoms with E-state index in [9.17, 15) is 19.2 Å². The van der Waals surface area contributed by atoms with Crippen molar-refractivity contribution in [2.45, 2.75) is 37.6 Å². The number of imide groups is 1. The fourth-order valence-electron chi connectivity index (χ4n) is 4.83. The third-order valence-corrected chi connectivity index (χ3v) is 6.63. The summed E-state index contributed by atoms with van der Waals surface area (Å²) >= 11 is 0. The van der Waals surface area contributed by atoms with Crippen LogP contribution >= 0.6 is 0 Å². The van der Waals surface area contributed by atoms with Gasteiger partial charge in [-0.3, -0.25) is 19.3 Å². The summed E-state index contributed by atoms with van der Waals surface area (Å²) < 4.78 is 0. The summed E-state index contributed by atoms with van der Waals surface area (Å²) in [6.07, 6.45) is 5.58. The average molecular weight is 400 g/mol. The van der Waals surface area contributed by atoms with Gasteiger partial charge < -0.3 is 20.1 Å². The summed E-state index contributed by atoms with van der Waals surface area (Å²) in [7, 11) is 0. The Morgan fingerprint density at radius 1 is 1.17 bits per heavy atom. The first kappa shape index (κ1) is 18.1. The average Bonchev–Trinajstić information content (AvgIpc) is 3.38. The molecule has 0 atom stereocenters. The number of amides is 5. The van der Waals surface area contributed by atoms with Crippen LogP contribution in [0.15, 0.2) is 6.33 Å². The third-order valence-electron chi connectivity index (χ3n) is 6.63. The van der Waals surface area contributed by atoms with Gasteiger partial charge in [-0.25, -0.2) is 9.78 Å². The molecule has 0 bridgehead atoms. The number of carbonyl (C=O) groups excluding carboxylic acids is 4. The quantitative estimate of drug-likeness (QED) is 0.668. The van der Waals surface area contributed by atoms with Crippen molar-refractivity contribution < 1.29 is 19.2 Å². The molecule has 154 valence electrons. The first-order valence-electron chi connectivity index (χ1n) is 10.2. The smallest absolute Gasteiger partial charge is 0.325 e. The number of hydrogen-bond acceptors (Lipinski definition) is 5. The molecule has 4 aliphatic rings. The fourth-order valence-corrected chi connectivity index (χ4v) is 4.83. The molecule has 1 spiro atoms. The fraction of sp³-hybridized carbons (Fsp3) is 0.632. The number of aromatic nitrogens is 2. The minimum absolute atomic E-state index is 0.0601. The maximum absolute atomic E-state index is 13.0. The van der Waals surface area contributed by atoms with E-state index < -0.39 is 11.6 Å². The minimum Gasteiger partial charge on any atom is -0.348 e. The van der Waals surface area contributed by atoms with E-state index in [4.69, 9.17) is 0 Å². The van der Waals surface area contributed by atoms with E-state index in [0.29, 0.717) is 32.5 Å². The van der Waals surface area contributed by atoms with E-state index in [2.05, 4.69) is 15.3 Å². The van der Waals surface area contributed by atoms with Gasteiger partial charge in [-0.1, -0.05) is 0 Å². The molecule has 10 heteroatoms. The Kier molecular flexibility index (Phi) is 4.11. The molecule has 29 heavy (non-hydrogen) atoms. The number of nitrogens with one attached hydrogen (secondary N) is 2. The van der Waals surface area contributed by atoms with E-state index in [-0.39, 0.29) is 36.7 Å². The number of carbonyl (C=O) groups is 4. The maximum Gasteiger partial charge on any atom is 0.325 e. The lowest BCUT2D eigenvalue weighted by molar-refractivity contribution is -0.146. The lowest BCUT2D eigenvalue weighted by Gasteiger charge is -2.50. The molecule has 5 amide bonds. The number of piperidine rings is 1. The predicted octanol–water partition coefficient (Wildman–Crippen LogP) is -0.426. The van der Waals surface area contributed by atoms with Crippen molar-refractivity contribution >= 4 is 23.8 Å². The Morgan fingerprint density at radius 2 is 1.93 bits per heavy atom. The van der Waals surface area contributed by atoms with Crippen LogP contribution in [-0.4, -0.2) is 81.1 Å². The summed E-state index contributed by atoms with van der Waals surface area (Å²) in [6.45, 7) is 1.29. The molecule has 0 aromatic carbocycles. The molecule has 0 unspecified atom stereocenters. The Morgan fingerprint density at radius 3 is 2.59 bits per heavy atom. The number of rotatable bonds is 3. The van der Waals surface area contributed by atoms with Gasteiger partial charge in [-0.15, -0.1) is 0 Å². The summed E-state index contributed by atoms with van der Waals surface area (Å²) in [5.74, 6) is -0.292. The SMILES string of the molecule is O=C(CN1C(=O)CNC1=O)N1CCC2(CC1)c1nc[nH]c1CCN2C(=O)C1CC1. The zero-order valence-electron chi connectivity index (χ0n) is 16.1. The second-order valence-electron chi connectivity index (χ2n) is 8.29. The van der Waals surface area contributed by atoms with Crippen molar-refractivity contribution in [2.75, 3.05) is 32.7 Å². The van der Waals surface area contributed by atoms with E-state index in [1.165, 1.54) is 0 Å². The van der Waals surface area contributed by atoms with Gasteiger partial charge in [0.05, 0.1) is 24.1 Å². The molecular weight excluding hydrogens is 376 g/mol. The molecule has 1 aromatic rings. The first-order valence-corrected chi connectivity index (χ1v) is 10.2. The van der Waals surface area contributed by atoms with Gasteiger partial charge in [-0.05, 0) is 25.7 Å². The van der Waals surface area contributed by atoms with Crippen LogP contribution in [0.4, 0.5) is 4.79 Å². The molecule has 1 aromatic heterocycles. The van der Waals surface area contributed by atoms with E-state index in [1.807, 2.05) is 4.90 Å². The Labute approximate surface area is 167 Å². The molecule has 0 radical (unpaired) electrons. The molecule has 4 heterocycles. The van der Waals surface area contributed by atoms with Crippen LogP contribution in [0.2, 0.25) is 0 Å². The number of fused-ring (bicyclic) bond motifs is 2. The number of urea groups is 1. The highest BCUT2D eigenvalue weighted by Crippen LogP contribution is 2.45. The first-order chi connectivity index (χ1) is 14.0. The van der Waals surface area contributed by atoms with Gasteiger partial charge in [0.1, 0.15) is 6.54 Å². The summed E-state index contributed by atoms with van der Waals surface area (Å²) in [4.78, 5) is 61.6. The van der Waals surface area contributed by atoms with Crippen LogP contribution in [0.3, 0.4) is 0 Å². The van der Waals surface area contributed by atoms with Gasteiger partial charge in [0.15, 0.2) is 0 Å². The van der Waals surface area contributed by atoms with Crippen LogP contribution < -0.4 is 5.32 Å². The maximum atomic E-state index is 13.0. The van der Waals surface area contributed by atoms with Crippen LogP contribution in [0.1, 0.15) is 37.1 Å². The summed E-state index contributed by atoms with van der Waals surface area (Å²) in [5, 5.41) is 2.43. The largest absolute Gasteiger partial charge is 0.348 e. The third kappa shape index (κ3) is 2.89. The van der Waals surface area contributed by atoms with Crippen molar-refractivity contribution in [2.24, 2.45) is 5.92 Å². The van der Waals surface area contributed by atoms with Crippen molar-refractivity contribution in [1.82, 2.24) is 30.0 Å². The Hall–Kier alpha value is -2.91. The van der Waals surface area contributed by atoms with Gasteiger partial charge in [0.25, 0.3) is 5.91 Å². The van der Waals surface area contributed by atoms with Crippen molar-refractivity contribution in [3.8, 4) is 0 Å². The highest BCUT2D eigenvalue weighted by atomic mass is 16.2. The van der Waals surface area contributed by atoms with E-state index in [0.717, 1.165) is 35.6 Å². The Balaban J connectivity index is 1.33. The van der Waals surface area contributed by atoms with Crippen molar-refractivity contribution in [3.05, 3.63) is 17.7 Å². The molecule has 3 fully saturated rings. The summed E-state index contributed by atoms with van der Waals surface area (Å²) in [5.41, 5.74) is 1.52. The van der Waals surface area contributed by atoms with Crippen LogP contribution in [-0.2, 0) is 26.3 Å². The molecule has 2 saturated heterocycles. The zero-order chi connectivity index (χ0) is 20.2. The minimum atomic E-state index is -0.522. The monoisotopic (exact) mass is 400 g/mol. The second kappa shape index (κ2) is 6.57. The topological polar surface area (TPSA) is 119 Å². The standard InChI is InChI=1S/C19H24N6O4/c26-14-9-20-18(29)24(14)10-15(27)23-7-4-19(5-8-23)16-13(21-11-22-16)3-6-25(19)17(28)12-1-2-12/h11-12H,1-10H2,(H,20,29)(H,21,22). The van der Waals surface area contributed by atoms with E-state index in [1.54, 1.807) is 11.2 Å². The predicted molar refractivity (Wildman–Crippen MR) is 99.3 cm³/mol. The van der Waals surface area contributed by atoms with Gasteiger partial charge >= 0.3 is 6.03 Å². The van der Waals surface area contributed by atoms with Crippen LogP contribution in [0.5, 0.6) is 0 Å². The molecule has 1 aliphatic carbocycles. The number of nitrogens with zero attached hydrogens (tertiary/aromatic N) is 4. The number of imidazole rings is 1. The van der Waals surface area contributed by atoms with Crippen molar-refractivity contribution in [3.63, 3.8) is 0 Å². The molecule has 10 nitrogen and oxygen atoms in total. The highest BCUT2D eigenvalue weighted by Gasteiger charge is 2.51. The van der Waals surface area contributed by atoms with Gasteiger partial charge in [0, 0.05) is 37.7 Å². The van der Waals surface area contributed by atoms with Crippen molar-refractivity contribution in [1.29, 1.82) is 0 Å². The van der Waals surface area contributed by atoms with Gasteiger partial charge in [0.2, 0.25) is 11.8 Å². The molecule has 2 N–H and O–H groups in total. The number of aromatic amines is 1. The molecular formula is C19H24N6O4. The number of H-pyrrole nitrogens is 1. The zero-order valence-corrected chi connectivity index (χ0v) is 16.1. The second-order valence-corrected chi connectivity index (χ2v) is 8.29. The van der Waals surface area contributed by atoms with E-state index >= 15 is 0 Å². The number of hydrogen-bond donors (Lipinski definition) is 2. The highest BCUT2D eigenvalue weighted by molar-refractivity contribution is 6.04. The Bertz CT molecular complexity index is 867. The van der Waals surface area contributed by atoms with Crippen LogP contribution in [0, 0.1) is 5.92 Å². The number of likely N-dealkylation sites (tertiary alicyclic amines) is 1. The van der Waals surface area contributed by atoms with Gasteiger partial charge in [-0.2, -0.15) is 0 Å². The molecule has 5 rings (SSSR count). The molecule has 1 saturated carbocycles.